The van der Waals surface area contributed by atoms with Gasteiger partial charge in [-0.1, -0.05) is 32.9 Å². The average Bonchev–Trinajstić information content (AvgIpc) is 2.54. The maximum Gasteiger partial charge on any atom is 1.00 e. The number of nitrogens with zero attached hydrogens (tertiary/aromatic N) is 2. The number of benzene rings is 1. The molecule has 0 aliphatic carbocycles. The lowest BCUT2D eigenvalue weighted by atomic mass is 9.91. The van der Waals surface area contributed by atoms with Crippen molar-refractivity contribution in [3.63, 3.8) is 0 Å². The number of carbonyl (C=O) groups is 1. The first kappa shape index (κ1) is 15.7. The van der Waals surface area contributed by atoms with Crippen molar-refractivity contribution >= 4 is 16.8 Å². The number of ketones is 1. The number of halogens is 1. The average molecular weight is 326 g/mol. The highest BCUT2D eigenvalue weighted by molar-refractivity contribution is 5.85. The molecule has 1 aromatic heterocycles. The zero-order valence-electron chi connectivity index (χ0n) is 12.7. The van der Waals surface area contributed by atoms with Gasteiger partial charge in [-0.2, -0.15) is 0 Å². The van der Waals surface area contributed by atoms with Gasteiger partial charge >= 0.3 is 1.43 Å². The fourth-order valence-corrected chi connectivity index (χ4v) is 1.93. The van der Waals surface area contributed by atoms with E-state index in [1.807, 2.05) is 52.1 Å². The molecule has 1 aromatic carbocycles. The Morgan fingerprint density at radius 2 is 1.79 bits per heavy atom. The number of carbonyl (C=O) groups excluding carboxylic acids is 1. The van der Waals surface area contributed by atoms with Crippen molar-refractivity contribution in [1.82, 2.24) is 9.13 Å². The number of hydrogen-bond acceptors (Lipinski definition) is 2. The van der Waals surface area contributed by atoms with Crippen LogP contribution < -0.4 is 22.6 Å². The van der Waals surface area contributed by atoms with Gasteiger partial charge in [0.1, 0.15) is 0 Å². The second-order valence-corrected chi connectivity index (χ2v) is 5.63. The minimum absolute atomic E-state index is 0. The number of rotatable bonds is 2. The van der Waals surface area contributed by atoms with Crippen LogP contribution >= 0.6 is 0 Å². The number of para-hydroxylation sites is 2. The van der Waals surface area contributed by atoms with Crippen molar-refractivity contribution in [3.05, 3.63) is 29.9 Å². The third-order valence-electron chi connectivity index (χ3n) is 3.25. The van der Waals surface area contributed by atoms with E-state index in [0.29, 0.717) is 5.62 Å². The highest BCUT2D eigenvalue weighted by atomic mass is 79.9. The van der Waals surface area contributed by atoms with Gasteiger partial charge < -0.3 is 26.1 Å². The number of imidazole rings is 1. The van der Waals surface area contributed by atoms with Gasteiger partial charge in [0, 0.05) is 12.5 Å². The summed E-state index contributed by atoms with van der Waals surface area (Å²) in [6, 6.07) is 7.78. The zero-order valence-corrected chi connectivity index (χ0v) is 13.3. The molecule has 0 saturated carbocycles. The predicted octanol–water partition coefficient (Wildman–Crippen LogP) is -0.809. The molecule has 2 rings (SSSR count). The molecule has 104 valence electrons. The summed E-state index contributed by atoms with van der Waals surface area (Å²) >= 11 is 0. The Bertz CT molecular complexity index is 667. The van der Waals surface area contributed by atoms with Crippen molar-refractivity contribution in [3.8, 4) is 0 Å². The van der Waals surface area contributed by atoms with Gasteiger partial charge in [-0.25, -0.2) is 0 Å². The third-order valence-corrected chi connectivity index (χ3v) is 3.25. The second-order valence-electron chi connectivity index (χ2n) is 5.63. The Labute approximate surface area is 124 Å². The number of aromatic nitrogens is 2. The number of aryl methyl sites for hydroxylation is 1. The monoisotopic (exact) mass is 325 g/mol. The predicted molar refractivity (Wildman–Crippen MR) is 72.3 cm³/mol. The minimum atomic E-state index is -0.379. The van der Waals surface area contributed by atoms with Crippen molar-refractivity contribution < 1.29 is 23.2 Å². The van der Waals surface area contributed by atoms with E-state index < -0.39 is 0 Å². The molecule has 0 atom stereocenters. The largest absolute Gasteiger partial charge is 1.00 e. The van der Waals surface area contributed by atoms with Crippen LogP contribution in [-0.2, 0) is 18.4 Å². The van der Waals surface area contributed by atoms with Crippen LogP contribution in [0.5, 0.6) is 0 Å². The van der Waals surface area contributed by atoms with Crippen molar-refractivity contribution in [2.24, 2.45) is 12.5 Å². The molecule has 0 aliphatic heterocycles. The molecule has 0 spiro atoms. The van der Waals surface area contributed by atoms with Gasteiger partial charge in [-0.15, -0.1) is 0 Å². The molecule has 0 unspecified atom stereocenters. The van der Waals surface area contributed by atoms with E-state index in [9.17, 15) is 4.79 Å². The van der Waals surface area contributed by atoms with E-state index in [1.54, 1.807) is 9.13 Å². The fourth-order valence-electron chi connectivity index (χ4n) is 1.93. The molecule has 5 heteroatoms. The summed E-state index contributed by atoms with van der Waals surface area (Å²) in [4.78, 5) is 12.1. The maximum absolute atomic E-state index is 12.1. The molecular formula is C14H20BrN3O. The van der Waals surface area contributed by atoms with Crippen LogP contribution in [0.4, 0.5) is 0 Å². The lowest BCUT2D eigenvalue weighted by Crippen LogP contribution is -3.00. The molecule has 0 aliphatic rings. The molecule has 2 aromatic rings. The number of Topliss-reactive ketones (excluding diaryl/α,β-unsaturated/α-hetero) is 1. The molecule has 0 amide bonds. The van der Waals surface area contributed by atoms with E-state index in [2.05, 4.69) is 0 Å². The standard InChI is InChI=1S/C14H19N3O.BrH/c1-14(2,3)12(18)9-17-11-8-6-5-7-10(11)16(4)13(17)15;/h5-8,15H,9H2,1-4H3;1H. The van der Waals surface area contributed by atoms with Gasteiger partial charge in [0.25, 0.3) is 0 Å². The van der Waals surface area contributed by atoms with Crippen molar-refractivity contribution in [1.29, 1.82) is 5.41 Å². The quantitative estimate of drug-likeness (QED) is 0.771. The smallest absolute Gasteiger partial charge is 1.00 e. The molecule has 0 saturated heterocycles. The van der Waals surface area contributed by atoms with Gasteiger partial charge in [0.05, 0.1) is 17.6 Å². The SMILES string of the molecule is Cn1c(=N)n(CC(=O)C(C)(C)C)c2ccccc21.[Br-].[H+]. The number of fused-ring (bicyclic) bond motifs is 1. The minimum Gasteiger partial charge on any atom is -1.00 e. The Hall–Kier alpha value is -1.36. The Morgan fingerprint density at radius 3 is 2.32 bits per heavy atom. The highest BCUT2D eigenvalue weighted by Crippen LogP contribution is 2.17. The highest BCUT2D eigenvalue weighted by Gasteiger charge is 2.22. The first-order valence-corrected chi connectivity index (χ1v) is 6.04. The van der Waals surface area contributed by atoms with Gasteiger partial charge in [0.2, 0.25) is 5.62 Å². The number of hydrogen-bond donors (Lipinski definition) is 1. The summed E-state index contributed by atoms with van der Waals surface area (Å²) in [6.45, 7) is 5.98. The summed E-state index contributed by atoms with van der Waals surface area (Å²) < 4.78 is 3.56. The van der Waals surface area contributed by atoms with Crippen LogP contribution in [0.2, 0.25) is 0 Å². The van der Waals surface area contributed by atoms with Crippen LogP contribution in [0.15, 0.2) is 24.3 Å². The summed E-state index contributed by atoms with van der Waals surface area (Å²) in [5.74, 6) is 0.136. The first-order valence-electron chi connectivity index (χ1n) is 6.04. The van der Waals surface area contributed by atoms with Crippen molar-refractivity contribution in [2.45, 2.75) is 27.3 Å². The van der Waals surface area contributed by atoms with Gasteiger partial charge in [-0.05, 0) is 12.1 Å². The van der Waals surface area contributed by atoms with Crippen LogP contribution in [0.25, 0.3) is 11.0 Å². The van der Waals surface area contributed by atoms with E-state index in [1.165, 1.54) is 0 Å². The van der Waals surface area contributed by atoms with Crippen LogP contribution in [-0.4, -0.2) is 14.9 Å². The second kappa shape index (κ2) is 5.33. The molecular weight excluding hydrogens is 306 g/mol. The summed E-state index contributed by atoms with van der Waals surface area (Å²) in [5.41, 5.74) is 1.89. The molecule has 19 heavy (non-hydrogen) atoms. The lowest BCUT2D eigenvalue weighted by molar-refractivity contribution is -0.126. The Morgan fingerprint density at radius 1 is 1.26 bits per heavy atom. The van der Waals surface area contributed by atoms with E-state index in [-0.39, 0.29) is 36.2 Å². The molecule has 0 fully saturated rings. The van der Waals surface area contributed by atoms with E-state index in [4.69, 9.17) is 5.41 Å². The maximum atomic E-state index is 12.1. The van der Waals surface area contributed by atoms with Gasteiger partial charge in [0.15, 0.2) is 5.78 Å². The Balaban J connectivity index is 0.00000180. The molecule has 4 nitrogen and oxygen atoms in total. The van der Waals surface area contributed by atoms with Gasteiger partial charge in [-0.3, -0.25) is 10.2 Å². The zero-order chi connectivity index (χ0) is 13.5. The number of nitrogens with one attached hydrogen (secondary N) is 1. The fraction of sp³-hybridized carbons (Fsp3) is 0.429. The van der Waals surface area contributed by atoms with Crippen molar-refractivity contribution in [2.75, 3.05) is 0 Å². The normalized spacial score (nSPS) is 11.4. The van der Waals surface area contributed by atoms with E-state index >= 15 is 0 Å². The van der Waals surface area contributed by atoms with Crippen LogP contribution in [0.3, 0.4) is 0 Å². The molecule has 1 heterocycles. The van der Waals surface area contributed by atoms with E-state index in [0.717, 1.165) is 11.0 Å². The topological polar surface area (TPSA) is 50.8 Å². The Kier molecular flexibility index (Phi) is 4.40. The molecule has 0 radical (unpaired) electrons. The summed E-state index contributed by atoms with van der Waals surface area (Å²) in [6.07, 6.45) is 0. The van der Waals surface area contributed by atoms with Crippen LogP contribution in [0.1, 0.15) is 22.2 Å². The van der Waals surface area contributed by atoms with Crippen LogP contribution in [0, 0.1) is 10.8 Å². The summed E-state index contributed by atoms with van der Waals surface area (Å²) in [7, 11) is 1.85. The molecule has 0 bridgehead atoms. The summed E-state index contributed by atoms with van der Waals surface area (Å²) in [5, 5.41) is 8.10. The molecule has 1 N–H and O–H groups in total. The third kappa shape index (κ3) is 2.81. The lowest BCUT2D eigenvalue weighted by Gasteiger charge is -2.17. The first-order chi connectivity index (χ1) is 8.32.